The van der Waals surface area contributed by atoms with Crippen LogP contribution in [-0.2, 0) is 0 Å². The summed E-state index contributed by atoms with van der Waals surface area (Å²) in [5.41, 5.74) is 0.938. The van der Waals surface area contributed by atoms with Gasteiger partial charge in [0.1, 0.15) is 11.5 Å². The van der Waals surface area contributed by atoms with Gasteiger partial charge in [0.15, 0.2) is 17.3 Å². The summed E-state index contributed by atoms with van der Waals surface area (Å²) < 4.78 is 1.64. The number of nitrogens with zero attached hydrogens (tertiary/aromatic N) is 3. The molecule has 0 radical (unpaired) electrons. The van der Waals surface area contributed by atoms with Crippen molar-refractivity contribution in [2.24, 2.45) is 0 Å². The van der Waals surface area contributed by atoms with E-state index < -0.39 is 0 Å². The van der Waals surface area contributed by atoms with Crippen LogP contribution in [0.2, 0.25) is 0 Å². The monoisotopic (exact) mass is 313 g/mol. The lowest BCUT2D eigenvalue weighted by Crippen LogP contribution is -2.14. The van der Waals surface area contributed by atoms with E-state index in [4.69, 9.17) is 17.6 Å². The maximum atomic E-state index is 9.58. The number of hydrogen-bond acceptors (Lipinski definition) is 6. The molecule has 2 heterocycles. The lowest BCUT2D eigenvalue weighted by Gasteiger charge is -2.09. The van der Waals surface area contributed by atoms with Crippen LogP contribution in [0.3, 0.4) is 0 Å². The van der Waals surface area contributed by atoms with E-state index in [0.29, 0.717) is 17.1 Å². The Morgan fingerprint density at radius 1 is 1.18 bits per heavy atom. The number of H-pyrrole nitrogens is 1. The molecular weight excluding hydrogens is 302 g/mol. The third-order valence-electron chi connectivity index (χ3n) is 3.04. The second-order valence-corrected chi connectivity index (χ2v) is 4.84. The largest absolute Gasteiger partial charge is 0.504 e. The van der Waals surface area contributed by atoms with Gasteiger partial charge < -0.3 is 10.2 Å². The van der Waals surface area contributed by atoms with Gasteiger partial charge in [0, 0.05) is 11.8 Å². The highest BCUT2D eigenvalue weighted by atomic mass is 32.1. The van der Waals surface area contributed by atoms with Gasteiger partial charge in [-0.2, -0.15) is 5.10 Å². The number of rotatable bonds is 2. The minimum absolute atomic E-state index is 0.00898. The van der Waals surface area contributed by atoms with Gasteiger partial charge in [-0.25, -0.2) is 0 Å². The van der Waals surface area contributed by atoms with E-state index in [1.165, 1.54) is 22.8 Å². The van der Waals surface area contributed by atoms with E-state index in [1.54, 1.807) is 24.4 Å². The fraction of sp³-hybridized carbons (Fsp3) is 0. The van der Waals surface area contributed by atoms with Gasteiger partial charge in [-0.15, -0.1) is 0 Å². The maximum absolute atomic E-state index is 9.58. The summed E-state index contributed by atoms with van der Waals surface area (Å²) in [6.45, 7) is 0. The highest BCUT2D eigenvalue weighted by Crippen LogP contribution is 2.26. The normalized spacial score (nSPS) is 10.5. The molecule has 7 nitrogen and oxygen atoms in total. The molecule has 0 amide bonds. The fourth-order valence-electron chi connectivity index (χ4n) is 1.97. The molecule has 0 bridgehead atoms. The molecule has 110 valence electrons. The van der Waals surface area contributed by atoms with E-state index in [1.807, 2.05) is 0 Å². The summed E-state index contributed by atoms with van der Waals surface area (Å²) >= 11 is 5.17. The van der Waals surface area contributed by atoms with Crippen molar-refractivity contribution >= 4 is 18.1 Å². The third kappa shape index (κ3) is 2.35. The van der Waals surface area contributed by atoms with Gasteiger partial charge in [-0.3, -0.25) is 20.1 Å². The number of aromatic hydroxyl groups is 2. The van der Waals surface area contributed by atoms with Crippen LogP contribution in [0.5, 0.6) is 11.5 Å². The van der Waals surface area contributed by atoms with Crippen molar-refractivity contribution in [3.63, 3.8) is 0 Å². The van der Waals surface area contributed by atoms with Gasteiger partial charge in [0.2, 0.25) is 4.77 Å². The van der Waals surface area contributed by atoms with Crippen molar-refractivity contribution in [1.82, 2.24) is 19.7 Å². The van der Waals surface area contributed by atoms with E-state index in [2.05, 4.69) is 15.2 Å². The molecule has 0 atom stereocenters. The molecule has 0 aliphatic heterocycles. The van der Waals surface area contributed by atoms with Crippen LogP contribution in [0.4, 0.5) is 0 Å². The Bertz CT molecular complexity index is 901. The average Bonchev–Trinajstić information content (AvgIpc) is 2.92. The smallest absolute Gasteiger partial charge is 0.201 e. The second-order valence-electron chi connectivity index (χ2n) is 4.45. The standard InChI is InChI=1S/C14H11N5O2S/c15-12(8-4-5-10(20)11(21)7-8)19-13(17-18-14(19)22)9-3-1-2-6-16-9/h1-7,15,20-21H,(H,18,22). The van der Waals surface area contributed by atoms with Gasteiger partial charge in [-0.05, 0) is 42.5 Å². The minimum atomic E-state index is -0.309. The molecule has 0 saturated carbocycles. The highest BCUT2D eigenvalue weighted by Gasteiger charge is 2.16. The first kappa shape index (κ1) is 14.0. The molecule has 0 unspecified atom stereocenters. The molecule has 0 spiro atoms. The van der Waals surface area contributed by atoms with Gasteiger partial charge in [0.05, 0.1) is 0 Å². The van der Waals surface area contributed by atoms with Gasteiger partial charge in [-0.1, -0.05) is 6.07 Å². The molecule has 8 heteroatoms. The van der Waals surface area contributed by atoms with Crippen LogP contribution in [0.1, 0.15) is 5.56 Å². The Morgan fingerprint density at radius 2 is 2.00 bits per heavy atom. The zero-order valence-electron chi connectivity index (χ0n) is 11.2. The fourth-order valence-corrected chi connectivity index (χ4v) is 2.19. The molecule has 0 aliphatic rings. The van der Waals surface area contributed by atoms with E-state index in [0.717, 1.165) is 0 Å². The minimum Gasteiger partial charge on any atom is -0.504 e. The first-order chi connectivity index (χ1) is 10.6. The molecule has 3 aromatic rings. The Balaban J connectivity index is 2.12. The van der Waals surface area contributed by atoms with Crippen molar-refractivity contribution in [3.8, 4) is 23.0 Å². The third-order valence-corrected chi connectivity index (χ3v) is 3.31. The van der Waals surface area contributed by atoms with Gasteiger partial charge in [0.25, 0.3) is 0 Å². The topological polar surface area (TPSA) is 111 Å². The van der Waals surface area contributed by atoms with Crippen molar-refractivity contribution in [1.29, 1.82) is 5.41 Å². The summed E-state index contributed by atoms with van der Waals surface area (Å²) in [6, 6.07) is 9.44. The van der Waals surface area contributed by atoms with Crippen molar-refractivity contribution in [2.75, 3.05) is 0 Å². The zero-order chi connectivity index (χ0) is 15.7. The summed E-state index contributed by atoms with van der Waals surface area (Å²) in [7, 11) is 0. The van der Waals surface area contributed by atoms with Crippen LogP contribution >= 0.6 is 12.2 Å². The summed E-state index contributed by atoms with van der Waals surface area (Å²) in [6.07, 6.45) is 1.62. The number of phenolic OH excluding ortho intramolecular Hbond substituents is 2. The SMILES string of the molecule is N=C(c1ccc(O)c(O)c1)n1c(-c2ccccn2)n[nH]c1=S. The molecular formula is C14H11N5O2S. The molecule has 4 N–H and O–H groups in total. The van der Waals surface area contributed by atoms with E-state index in [9.17, 15) is 10.2 Å². The summed E-state index contributed by atoms with van der Waals surface area (Å²) in [5, 5.41) is 34.0. The number of aromatic nitrogens is 4. The van der Waals surface area contributed by atoms with Crippen LogP contribution < -0.4 is 0 Å². The molecule has 2 aromatic heterocycles. The van der Waals surface area contributed by atoms with Crippen LogP contribution in [-0.4, -0.2) is 35.8 Å². The number of nitrogens with one attached hydrogen (secondary N) is 2. The Labute approximate surface area is 130 Å². The molecule has 0 fully saturated rings. The Morgan fingerprint density at radius 3 is 2.68 bits per heavy atom. The summed E-state index contributed by atoms with van der Waals surface area (Å²) in [4.78, 5) is 4.20. The molecule has 22 heavy (non-hydrogen) atoms. The van der Waals surface area contributed by atoms with Crippen molar-refractivity contribution < 1.29 is 10.2 Å². The summed E-state index contributed by atoms with van der Waals surface area (Å²) in [5.74, 6) is -0.160. The van der Waals surface area contributed by atoms with Crippen LogP contribution in [0.25, 0.3) is 11.5 Å². The zero-order valence-corrected chi connectivity index (χ0v) is 12.0. The number of aromatic amines is 1. The average molecular weight is 313 g/mol. The van der Waals surface area contributed by atoms with E-state index >= 15 is 0 Å². The molecule has 1 aromatic carbocycles. The number of benzene rings is 1. The molecule has 0 aliphatic carbocycles. The first-order valence-electron chi connectivity index (χ1n) is 6.28. The van der Waals surface area contributed by atoms with Crippen LogP contribution in [0.15, 0.2) is 42.6 Å². The maximum Gasteiger partial charge on any atom is 0.201 e. The van der Waals surface area contributed by atoms with Crippen molar-refractivity contribution in [3.05, 3.63) is 52.9 Å². The number of hydrogen-bond donors (Lipinski definition) is 4. The molecule has 3 rings (SSSR count). The quantitative estimate of drug-likeness (QED) is 0.251. The lowest BCUT2D eigenvalue weighted by molar-refractivity contribution is 0.403. The van der Waals surface area contributed by atoms with Gasteiger partial charge >= 0.3 is 0 Å². The van der Waals surface area contributed by atoms with Crippen LogP contribution in [0, 0.1) is 10.2 Å². The highest BCUT2D eigenvalue weighted by molar-refractivity contribution is 7.71. The second kappa shape index (κ2) is 5.41. The van der Waals surface area contributed by atoms with E-state index in [-0.39, 0.29) is 22.1 Å². The van der Waals surface area contributed by atoms with Crippen molar-refractivity contribution in [2.45, 2.75) is 0 Å². The lowest BCUT2D eigenvalue weighted by atomic mass is 10.2. The first-order valence-corrected chi connectivity index (χ1v) is 6.69. The Hall–Kier alpha value is -3.00. The Kier molecular flexibility index (Phi) is 3.43. The molecule has 0 saturated heterocycles. The predicted molar refractivity (Wildman–Crippen MR) is 82.6 cm³/mol. The predicted octanol–water partition coefficient (Wildman–Crippen LogP) is 2.29. The number of pyridine rings is 1. The number of phenols is 2.